The zero-order valence-corrected chi connectivity index (χ0v) is 12.1. The van der Waals surface area contributed by atoms with Gasteiger partial charge in [0.2, 0.25) is 10.0 Å². The zero-order valence-electron chi connectivity index (χ0n) is 10.5. The van der Waals surface area contributed by atoms with Gasteiger partial charge in [0.15, 0.2) is 0 Å². The van der Waals surface area contributed by atoms with E-state index in [1.165, 1.54) is 11.3 Å². The molecule has 0 aliphatic carbocycles. The first-order valence-corrected chi connectivity index (χ1v) is 8.07. The molecule has 0 bridgehead atoms. The maximum absolute atomic E-state index is 12.2. The molecule has 3 N–H and O–H groups in total. The molecular formula is C12H15N3O2S2. The highest BCUT2D eigenvalue weighted by atomic mass is 32.2. The molecule has 0 fully saturated rings. The first-order valence-electron chi connectivity index (χ1n) is 5.71. The van der Waals surface area contributed by atoms with Crippen LogP contribution >= 0.6 is 11.3 Å². The number of benzene rings is 1. The molecule has 0 amide bonds. The number of nitrogens with two attached hydrogens (primary N) is 1. The summed E-state index contributed by atoms with van der Waals surface area (Å²) in [6, 6.07) is 5.11. The van der Waals surface area contributed by atoms with Crippen molar-refractivity contribution in [3.63, 3.8) is 0 Å². The predicted molar refractivity (Wildman–Crippen MR) is 75.2 cm³/mol. The minimum atomic E-state index is -3.54. The average molecular weight is 297 g/mol. The largest absolute Gasteiger partial charge is 0.326 e. The summed E-state index contributed by atoms with van der Waals surface area (Å²) in [6.45, 7) is 2.29. The van der Waals surface area contributed by atoms with Gasteiger partial charge in [-0.1, -0.05) is 12.1 Å². The summed E-state index contributed by atoms with van der Waals surface area (Å²) < 4.78 is 27.0. The second-order valence-corrected chi connectivity index (χ2v) is 6.71. The highest BCUT2D eigenvalue weighted by molar-refractivity contribution is 7.89. The standard InChI is InChI=1S/C12H15N3O2S2/c1-9-10(7-13)3-2-4-11(9)19(16,17)15-8-12-14-5-6-18-12/h2-6,15H,7-8,13H2,1H3. The van der Waals surface area contributed by atoms with Crippen LogP contribution in [0.25, 0.3) is 0 Å². The van der Waals surface area contributed by atoms with Gasteiger partial charge in [0.25, 0.3) is 0 Å². The molecule has 102 valence electrons. The molecular weight excluding hydrogens is 282 g/mol. The zero-order chi connectivity index (χ0) is 13.9. The number of hydrogen-bond acceptors (Lipinski definition) is 5. The topological polar surface area (TPSA) is 85.1 Å². The Hall–Kier alpha value is -1.28. The van der Waals surface area contributed by atoms with Crippen LogP contribution in [0.4, 0.5) is 0 Å². The van der Waals surface area contributed by atoms with Crippen molar-refractivity contribution in [1.29, 1.82) is 0 Å². The van der Waals surface area contributed by atoms with Crippen molar-refractivity contribution in [2.75, 3.05) is 0 Å². The number of nitrogens with one attached hydrogen (secondary N) is 1. The van der Waals surface area contributed by atoms with Gasteiger partial charge in [0.05, 0.1) is 11.4 Å². The van der Waals surface area contributed by atoms with E-state index in [-0.39, 0.29) is 11.4 Å². The highest BCUT2D eigenvalue weighted by Crippen LogP contribution is 2.19. The Morgan fingerprint density at radius 1 is 1.42 bits per heavy atom. The summed E-state index contributed by atoms with van der Waals surface area (Å²) in [5, 5.41) is 2.54. The summed E-state index contributed by atoms with van der Waals surface area (Å²) in [4.78, 5) is 4.31. The molecule has 0 radical (unpaired) electrons. The van der Waals surface area contributed by atoms with E-state index in [1.54, 1.807) is 25.3 Å². The van der Waals surface area contributed by atoms with Gasteiger partial charge in [-0.3, -0.25) is 0 Å². The lowest BCUT2D eigenvalue weighted by molar-refractivity contribution is 0.580. The van der Waals surface area contributed by atoms with Crippen LogP contribution in [0.1, 0.15) is 16.1 Å². The summed E-state index contributed by atoms with van der Waals surface area (Å²) in [6.07, 6.45) is 1.65. The Kier molecular flexibility index (Phi) is 4.31. The van der Waals surface area contributed by atoms with Crippen molar-refractivity contribution in [2.45, 2.75) is 24.9 Å². The Morgan fingerprint density at radius 2 is 2.21 bits per heavy atom. The average Bonchev–Trinajstić information content (AvgIpc) is 2.90. The number of thiazole rings is 1. The van der Waals surface area contributed by atoms with Gasteiger partial charge < -0.3 is 5.73 Å². The maximum atomic E-state index is 12.2. The smallest absolute Gasteiger partial charge is 0.241 e. The third kappa shape index (κ3) is 3.19. The van der Waals surface area contributed by atoms with Gasteiger partial charge in [-0.05, 0) is 24.1 Å². The van der Waals surface area contributed by atoms with E-state index in [4.69, 9.17) is 5.73 Å². The van der Waals surface area contributed by atoms with Crippen LogP contribution in [0.2, 0.25) is 0 Å². The molecule has 0 aliphatic heterocycles. The minimum Gasteiger partial charge on any atom is -0.326 e. The lowest BCUT2D eigenvalue weighted by Crippen LogP contribution is -2.24. The normalized spacial score (nSPS) is 11.7. The summed E-state index contributed by atoms with van der Waals surface area (Å²) >= 11 is 1.41. The molecule has 1 aromatic carbocycles. The molecule has 2 aromatic rings. The molecule has 0 unspecified atom stereocenters. The van der Waals surface area contributed by atoms with Gasteiger partial charge >= 0.3 is 0 Å². The van der Waals surface area contributed by atoms with Gasteiger partial charge in [0.1, 0.15) is 5.01 Å². The monoisotopic (exact) mass is 297 g/mol. The molecule has 1 aromatic heterocycles. The third-order valence-corrected chi connectivity index (χ3v) is 5.13. The molecule has 0 saturated carbocycles. The molecule has 0 saturated heterocycles. The summed E-state index contributed by atoms with van der Waals surface area (Å²) in [7, 11) is -3.54. The molecule has 1 heterocycles. The van der Waals surface area contributed by atoms with Gasteiger partial charge in [-0.15, -0.1) is 11.3 Å². The van der Waals surface area contributed by atoms with Crippen molar-refractivity contribution >= 4 is 21.4 Å². The van der Waals surface area contributed by atoms with E-state index in [9.17, 15) is 8.42 Å². The second kappa shape index (κ2) is 5.79. The molecule has 2 rings (SSSR count). The Balaban J connectivity index is 2.24. The fourth-order valence-electron chi connectivity index (χ4n) is 1.75. The van der Waals surface area contributed by atoms with E-state index in [0.717, 1.165) is 10.6 Å². The SMILES string of the molecule is Cc1c(CN)cccc1S(=O)(=O)NCc1nccs1. The molecule has 19 heavy (non-hydrogen) atoms. The molecule has 7 heteroatoms. The van der Waals surface area contributed by atoms with Crippen LogP contribution < -0.4 is 10.5 Å². The van der Waals surface area contributed by atoms with Crippen LogP contribution in [0.15, 0.2) is 34.7 Å². The third-order valence-electron chi connectivity index (χ3n) is 2.80. The van der Waals surface area contributed by atoms with Crippen molar-refractivity contribution in [1.82, 2.24) is 9.71 Å². The number of hydrogen-bond donors (Lipinski definition) is 2. The minimum absolute atomic E-state index is 0.201. The molecule has 5 nitrogen and oxygen atoms in total. The quantitative estimate of drug-likeness (QED) is 0.873. The molecule has 0 spiro atoms. The van der Waals surface area contributed by atoms with Crippen molar-refractivity contribution in [3.8, 4) is 0 Å². The number of sulfonamides is 1. The van der Waals surface area contributed by atoms with Crippen LogP contribution in [0, 0.1) is 6.92 Å². The first kappa shape index (κ1) is 14.1. The van der Waals surface area contributed by atoms with Crippen molar-refractivity contribution in [2.24, 2.45) is 5.73 Å². The van der Waals surface area contributed by atoms with E-state index in [1.807, 2.05) is 11.4 Å². The van der Waals surface area contributed by atoms with E-state index in [0.29, 0.717) is 12.1 Å². The van der Waals surface area contributed by atoms with Gasteiger partial charge in [0, 0.05) is 18.1 Å². The fraction of sp³-hybridized carbons (Fsp3) is 0.250. The highest BCUT2D eigenvalue weighted by Gasteiger charge is 2.18. The second-order valence-electron chi connectivity index (χ2n) is 3.99. The molecule has 0 aliphatic rings. The first-order chi connectivity index (χ1) is 9.04. The Morgan fingerprint density at radius 3 is 2.84 bits per heavy atom. The predicted octanol–water partition coefficient (Wildman–Crippen LogP) is 1.39. The van der Waals surface area contributed by atoms with E-state index < -0.39 is 10.0 Å². The number of nitrogens with zero attached hydrogens (tertiary/aromatic N) is 1. The maximum Gasteiger partial charge on any atom is 0.241 e. The molecule has 0 atom stereocenters. The Labute approximate surface area is 116 Å². The van der Waals surface area contributed by atoms with E-state index in [2.05, 4.69) is 9.71 Å². The lowest BCUT2D eigenvalue weighted by Gasteiger charge is -2.11. The summed E-state index contributed by atoms with van der Waals surface area (Å²) in [5.74, 6) is 0. The van der Waals surface area contributed by atoms with Crippen molar-refractivity contribution in [3.05, 3.63) is 45.9 Å². The Bertz CT molecular complexity index is 652. The van der Waals surface area contributed by atoms with Gasteiger partial charge in [-0.2, -0.15) is 0 Å². The number of rotatable bonds is 5. The van der Waals surface area contributed by atoms with Gasteiger partial charge in [-0.25, -0.2) is 18.1 Å². The van der Waals surface area contributed by atoms with Crippen LogP contribution in [-0.2, 0) is 23.1 Å². The fourth-order valence-corrected chi connectivity index (χ4v) is 3.67. The van der Waals surface area contributed by atoms with Crippen LogP contribution in [0.5, 0.6) is 0 Å². The van der Waals surface area contributed by atoms with Crippen LogP contribution in [0.3, 0.4) is 0 Å². The summed E-state index contributed by atoms with van der Waals surface area (Å²) in [5.41, 5.74) is 7.11. The lowest BCUT2D eigenvalue weighted by atomic mass is 10.1. The number of aromatic nitrogens is 1. The van der Waals surface area contributed by atoms with E-state index >= 15 is 0 Å². The van der Waals surface area contributed by atoms with Crippen molar-refractivity contribution < 1.29 is 8.42 Å². The van der Waals surface area contributed by atoms with Crippen LogP contribution in [-0.4, -0.2) is 13.4 Å².